The molecule has 0 amide bonds. The molecule has 0 bridgehead atoms. The number of aromatic hydroxyl groups is 2. The molecule has 4 N–H and O–H groups in total. The highest BCUT2D eigenvalue weighted by atomic mass is 35.5. The van der Waals surface area contributed by atoms with Crippen molar-refractivity contribution in [3.8, 4) is 11.5 Å². The number of fused-ring (bicyclic) bond motifs is 8. The van der Waals surface area contributed by atoms with Gasteiger partial charge in [-0.2, -0.15) is 0 Å². The fourth-order valence-electron chi connectivity index (χ4n) is 10.4. The Balaban J connectivity index is 0.00000105. The molecule has 0 aliphatic heterocycles. The molecule has 230 valence electrons. The number of hydrogen-bond acceptors (Lipinski definition) is 3. The number of benzene rings is 2. The van der Waals surface area contributed by atoms with Crippen LogP contribution in [0.3, 0.4) is 0 Å². The second kappa shape index (κ2) is 10.1. The number of phenols is 2. The van der Waals surface area contributed by atoms with E-state index in [4.69, 9.17) is 21.5 Å². The molecule has 4 aliphatic rings. The normalized spacial score (nSPS) is 36.3. The number of allylic oxidation sites excluding steroid dienone is 2. The van der Waals surface area contributed by atoms with E-state index >= 15 is 0 Å². The van der Waals surface area contributed by atoms with Gasteiger partial charge in [-0.15, -0.1) is 0 Å². The van der Waals surface area contributed by atoms with Crippen LogP contribution in [0.4, 0.5) is 0 Å². The summed E-state index contributed by atoms with van der Waals surface area (Å²) in [5, 5.41) is 30.7. The zero-order valence-corrected chi connectivity index (χ0v) is 27.1. The molecule has 3 aromatic rings. The van der Waals surface area contributed by atoms with Crippen LogP contribution in [-0.4, -0.2) is 26.8 Å². The minimum atomic E-state index is -0.250. The number of nitrogens with one attached hydrogen (secondary N) is 1. The van der Waals surface area contributed by atoms with Crippen LogP contribution >= 0.6 is 11.6 Å². The summed E-state index contributed by atoms with van der Waals surface area (Å²) in [4.78, 5) is 11.9. The lowest BCUT2D eigenvalue weighted by Gasteiger charge is -2.69. The molecule has 7 rings (SSSR count). The highest BCUT2D eigenvalue weighted by Crippen LogP contribution is 2.74. The quantitative estimate of drug-likeness (QED) is 0.126. The van der Waals surface area contributed by atoms with Crippen molar-refractivity contribution in [3.05, 3.63) is 69.4 Å². The average Bonchev–Trinajstić information content (AvgIpc) is 3.37. The predicted molar refractivity (Wildman–Crippen MR) is 173 cm³/mol. The zero-order valence-electron chi connectivity index (χ0n) is 26.4. The molecule has 2 aromatic carbocycles. The Kier molecular flexibility index (Phi) is 7.04. The van der Waals surface area contributed by atoms with Crippen molar-refractivity contribution in [1.82, 2.24) is 4.98 Å². The summed E-state index contributed by atoms with van der Waals surface area (Å²) in [6, 6.07) is 7.93. The van der Waals surface area contributed by atoms with E-state index in [0.717, 1.165) is 45.3 Å². The molecule has 5 nitrogen and oxygen atoms in total. The number of aromatic amines is 1. The predicted octanol–water partition coefficient (Wildman–Crippen LogP) is 9.61. The summed E-state index contributed by atoms with van der Waals surface area (Å²) < 4.78 is 0. The van der Waals surface area contributed by atoms with Gasteiger partial charge in [0.05, 0.1) is 0 Å². The van der Waals surface area contributed by atoms with Crippen molar-refractivity contribution in [1.29, 1.82) is 0 Å². The van der Waals surface area contributed by atoms with Gasteiger partial charge < -0.3 is 20.3 Å². The molecule has 4 aliphatic carbocycles. The molecular formula is C37H46ClNO4. The van der Waals surface area contributed by atoms with Gasteiger partial charge in [0, 0.05) is 33.5 Å². The lowest BCUT2D eigenvalue weighted by molar-refractivity contribution is -0.145. The smallest absolute Gasteiger partial charge is 0.290 e. The number of phenolic OH excluding ortho intramolecular Hbond substituents is 2. The Morgan fingerprint density at radius 1 is 1.02 bits per heavy atom. The molecule has 6 heteroatoms. The van der Waals surface area contributed by atoms with Crippen molar-refractivity contribution in [3.63, 3.8) is 0 Å². The number of aromatic nitrogens is 1. The third-order valence-electron chi connectivity index (χ3n) is 13.1. The number of H-pyrrole nitrogens is 1. The third kappa shape index (κ3) is 4.13. The Morgan fingerprint density at radius 2 is 1.74 bits per heavy atom. The van der Waals surface area contributed by atoms with Gasteiger partial charge in [0.15, 0.2) is 11.5 Å². The standard InChI is InChI=1S/C36H44ClNO2.CH2O2/c1-20-9-10-33(3)11-13-36(6)30-17-24(25-19-38-27-8-7-22(37)16-23(25)27)31-21(2)32(40)28(39)18-26(31)34(30,4)12-14-35(36,5)29(33)15-20;2-1-3/h7-8,16-20,24,29,38-40H,9-15H2,1-6H3;1H,(H,2,3)/t20-,24-,29?,33+,34-,35-,36?;/m0./s1. The molecule has 0 radical (unpaired) electrons. The number of hydrogen-bond donors (Lipinski definition) is 4. The van der Waals surface area contributed by atoms with Crippen molar-refractivity contribution in [2.45, 2.75) is 97.8 Å². The van der Waals surface area contributed by atoms with E-state index in [-0.39, 0.29) is 40.1 Å². The van der Waals surface area contributed by atoms with Crippen LogP contribution in [0.1, 0.15) is 108 Å². The summed E-state index contributed by atoms with van der Waals surface area (Å²) >= 11 is 6.52. The Hall–Kier alpha value is -2.92. The summed E-state index contributed by atoms with van der Waals surface area (Å²) in [5.74, 6) is 1.47. The average molecular weight is 604 g/mol. The van der Waals surface area contributed by atoms with Crippen molar-refractivity contribution in [2.24, 2.45) is 28.1 Å². The minimum Gasteiger partial charge on any atom is -0.504 e. The molecule has 43 heavy (non-hydrogen) atoms. The van der Waals surface area contributed by atoms with Gasteiger partial charge in [0.1, 0.15) is 0 Å². The van der Waals surface area contributed by atoms with E-state index in [1.807, 2.05) is 19.1 Å². The van der Waals surface area contributed by atoms with Gasteiger partial charge in [-0.1, -0.05) is 64.3 Å². The second-order valence-corrected chi connectivity index (χ2v) is 15.5. The van der Waals surface area contributed by atoms with Crippen molar-refractivity contribution in [2.75, 3.05) is 0 Å². The molecular weight excluding hydrogens is 558 g/mol. The fraction of sp³-hybridized carbons (Fsp3) is 0.541. The van der Waals surface area contributed by atoms with E-state index in [1.165, 1.54) is 49.7 Å². The molecule has 3 saturated carbocycles. The largest absolute Gasteiger partial charge is 0.504 e. The highest BCUT2D eigenvalue weighted by molar-refractivity contribution is 6.31. The summed E-state index contributed by atoms with van der Waals surface area (Å²) in [5.41, 5.74) is 7.43. The number of halogens is 1. The van der Waals surface area contributed by atoms with E-state index in [2.05, 4.69) is 64.0 Å². The van der Waals surface area contributed by atoms with Crippen LogP contribution in [0.25, 0.3) is 10.9 Å². The molecule has 0 spiro atoms. The van der Waals surface area contributed by atoms with E-state index in [0.29, 0.717) is 5.41 Å². The number of carbonyl (C=O) groups is 1. The highest BCUT2D eigenvalue weighted by Gasteiger charge is 2.65. The maximum atomic E-state index is 11.0. The van der Waals surface area contributed by atoms with Gasteiger partial charge in [0.25, 0.3) is 6.47 Å². The first kappa shape index (κ1) is 30.1. The molecule has 7 atom stereocenters. The summed E-state index contributed by atoms with van der Waals surface area (Å²) in [6.45, 7) is 14.4. The van der Waals surface area contributed by atoms with Gasteiger partial charge in [0.2, 0.25) is 0 Å². The Bertz CT molecular complexity index is 1640. The summed E-state index contributed by atoms with van der Waals surface area (Å²) in [7, 11) is 0. The maximum Gasteiger partial charge on any atom is 0.290 e. The Labute approximate surface area is 260 Å². The fourth-order valence-corrected chi connectivity index (χ4v) is 10.6. The van der Waals surface area contributed by atoms with Gasteiger partial charge in [-0.3, -0.25) is 4.79 Å². The summed E-state index contributed by atoms with van der Waals surface area (Å²) in [6.07, 6.45) is 13.5. The molecule has 2 unspecified atom stereocenters. The maximum absolute atomic E-state index is 11.0. The van der Waals surface area contributed by atoms with Crippen LogP contribution in [0.2, 0.25) is 5.02 Å². The molecule has 0 saturated heterocycles. The van der Waals surface area contributed by atoms with Crippen LogP contribution < -0.4 is 0 Å². The molecule has 1 heterocycles. The lowest BCUT2D eigenvalue weighted by Crippen LogP contribution is -2.61. The van der Waals surface area contributed by atoms with Gasteiger partial charge in [-0.25, -0.2) is 0 Å². The van der Waals surface area contributed by atoms with E-state index in [9.17, 15) is 10.2 Å². The van der Waals surface area contributed by atoms with Crippen LogP contribution in [-0.2, 0) is 10.2 Å². The molecule has 3 fully saturated rings. The lowest BCUT2D eigenvalue weighted by atomic mass is 9.35. The van der Waals surface area contributed by atoms with E-state index < -0.39 is 0 Å². The van der Waals surface area contributed by atoms with Crippen molar-refractivity contribution >= 4 is 29.0 Å². The SMILES string of the molecule is Cc1c(O)c(O)cc2c1[C@H](c1c[nH]c3ccc(Cl)cc13)C=C1C3(C)CC[C@@]4(C)CC[C@H](C)CC4[C@]3(C)CC[C@]12C.O=CO. The topological polar surface area (TPSA) is 93.5 Å². The first-order valence-electron chi connectivity index (χ1n) is 15.9. The van der Waals surface area contributed by atoms with Gasteiger partial charge >= 0.3 is 0 Å². The monoisotopic (exact) mass is 603 g/mol. The number of rotatable bonds is 1. The third-order valence-corrected chi connectivity index (χ3v) is 13.3. The van der Waals surface area contributed by atoms with Gasteiger partial charge in [-0.05, 0) is 120 Å². The van der Waals surface area contributed by atoms with Crippen LogP contribution in [0.5, 0.6) is 11.5 Å². The van der Waals surface area contributed by atoms with E-state index in [1.54, 1.807) is 5.57 Å². The second-order valence-electron chi connectivity index (χ2n) is 15.1. The van der Waals surface area contributed by atoms with Crippen LogP contribution in [0.15, 0.2) is 42.1 Å². The Morgan fingerprint density at radius 3 is 2.47 bits per heavy atom. The van der Waals surface area contributed by atoms with Crippen LogP contribution in [0, 0.1) is 35.0 Å². The molecule has 1 aromatic heterocycles. The minimum absolute atomic E-state index is 0.00133. The first-order valence-corrected chi connectivity index (χ1v) is 16.2. The zero-order chi connectivity index (χ0) is 31.1. The van der Waals surface area contributed by atoms with Crippen molar-refractivity contribution < 1.29 is 20.1 Å². The first-order chi connectivity index (χ1) is 20.2. The number of carboxylic acid groups (broad SMARTS) is 1.